The lowest BCUT2D eigenvalue weighted by Crippen LogP contribution is -2.26. The van der Waals surface area contributed by atoms with Crippen LogP contribution in [0.4, 0.5) is 4.39 Å². The van der Waals surface area contributed by atoms with E-state index in [1.54, 1.807) is 0 Å². The van der Waals surface area contributed by atoms with E-state index in [0.29, 0.717) is 0 Å². The van der Waals surface area contributed by atoms with Crippen LogP contribution in [0, 0.1) is 5.82 Å². The van der Waals surface area contributed by atoms with Crippen LogP contribution in [0.25, 0.3) is 22.3 Å². The molecule has 0 saturated carbocycles. The Labute approximate surface area is 139 Å². The first kappa shape index (κ1) is 16.5. The molecule has 3 aromatic heterocycles. The van der Waals surface area contributed by atoms with E-state index in [2.05, 4.69) is 25.5 Å². The molecular formula is C15H12FN5O4. The Bertz CT molecular complexity index is 978. The van der Waals surface area contributed by atoms with E-state index < -0.39 is 17.5 Å². The molecule has 0 bridgehead atoms. The van der Waals surface area contributed by atoms with Gasteiger partial charge in [0.15, 0.2) is 12.1 Å². The van der Waals surface area contributed by atoms with E-state index >= 15 is 0 Å². The van der Waals surface area contributed by atoms with Crippen LogP contribution in [0.3, 0.4) is 0 Å². The number of ketones is 1. The fourth-order valence-electron chi connectivity index (χ4n) is 2.38. The van der Waals surface area contributed by atoms with Crippen molar-refractivity contribution >= 4 is 28.9 Å². The number of nitrogens with zero attached hydrogens (tertiary/aromatic N) is 2. The topological polar surface area (TPSA) is 141 Å². The molecule has 0 fully saturated rings. The van der Waals surface area contributed by atoms with Crippen LogP contribution < -0.4 is 5.32 Å². The first-order valence-corrected chi connectivity index (χ1v) is 7.16. The summed E-state index contributed by atoms with van der Waals surface area (Å²) in [7, 11) is 0. The number of aromatic nitrogens is 4. The molecule has 25 heavy (non-hydrogen) atoms. The van der Waals surface area contributed by atoms with Gasteiger partial charge in [0.25, 0.3) is 5.91 Å². The largest absolute Gasteiger partial charge is 0.395 e. The van der Waals surface area contributed by atoms with Gasteiger partial charge in [-0.1, -0.05) is 0 Å². The quantitative estimate of drug-likeness (QED) is 0.286. The van der Waals surface area contributed by atoms with E-state index in [1.165, 1.54) is 12.3 Å². The maximum Gasteiger partial charge on any atom is 0.269 e. The van der Waals surface area contributed by atoms with Gasteiger partial charge in [-0.25, -0.2) is 9.37 Å². The third kappa shape index (κ3) is 2.90. The predicted octanol–water partition coefficient (Wildman–Crippen LogP) is 0.196. The number of aldehydes is 1. The lowest BCUT2D eigenvalue weighted by molar-refractivity contribution is -0.104. The molecule has 0 spiro atoms. The number of carbonyl (C=O) groups excluding carboxylic acids is 3. The van der Waals surface area contributed by atoms with Crippen molar-refractivity contribution in [3.8, 4) is 11.4 Å². The Kier molecular flexibility index (Phi) is 4.35. The fraction of sp³-hybridized carbons (Fsp3) is 0.133. The molecule has 0 saturated heterocycles. The van der Waals surface area contributed by atoms with E-state index in [0.717, 1.165) is 6.20 Å². The molecule has 4 N–H and O–H groups in total. The first-order valence-electron chi connectivity index (χ1n) is 7.16. The Balaban J connectivity index is 2.05. The van der Waals surface area contributed by atoms with E-state index in [1.807, 2.05) is 0 Å². The number of aliphatic hydroxyl groups is 1. The minimum atomic E-state index is -0.867. The highest BCUT2D eigenvalue weighted by molar-refractivity contribution is 6.36. The monoisotopic (exact) mass is 345 g/mol. The normalized spacial score (nSPS) is 10.8. The number of hydrogen-bond donors (Lipinski definition) is 4. The number of pyridine rings is 1. The van der Waals surface area contributed by atoms with Crippen molar-refractivity contribution in [2.75, 3.05) is 13.2 Å². The number of aromatic amines is 2. The minimum absolute atomic E-state index is 0.0728. The zero-order chi connectivity index (χ0) is 18.0. The Morgan fingerprint density at radius 2 is 2.20 bits per heavy atom. The molecule has 1 amide bonds. The summed E-state index contributed by atoms with van der Waals surface area (Å²) in [6.07, 6.45) is 2.23. The third-order valence-corrected chi connectivity index (χ3v) is 3.50. The van der Waals surface area contributed by atoms with Crippen molar-refractivity contribution in [3.05, 3.63) is 35.5 Å². The smallest absolute Gasteiger partial charge is 0.269 e. The molecule has 9 nitrogen and oxygen atoms in total. The number of fused-ring (bicyclic) bond motifs is 1. The van der Waals surface area contributed by atoms with Gasteiger partial charge in [0.2, 0.25) is 5.78 Å². The molecule has 0 aliphatic heterocycles. The zero-order valence-corrected chi connectivity index (χ0v) is 12.7. The summed E-state index contributed by atoms with van der Waals surface area (Å²) < 4.78 is 14.1. The van der Waals surface area contributed by atoms with Crippen molar-refractivity contribution < 1.29 is 23.9 Å². The van der Waals surface area contributed by atoms with Crippen LogP contribution >= 0.6 is 0 Å². The number of Topliss-reactive ketones (excluding diaryl/α,β-unsaturated/α-hetero) is 1. The average Bonchev–Trinajstić information content (AvgIpc) is 3.27. The molecule has 3 rings (SSSR count). The number of amides is 1. The summed E-state index contributed by atoms with van der Waals surface area (Å²) in [6, 6.07) is 1.40. The summed E-state index contributed by atoms with van der Waals surface area (Å²) in [5.41, 5.74) is 0.644. The number of carbonyl (C=O) groups is 3. The van der Waals surface area contributed by atoms with Gasteiger partial charge in [0.05, 0.1) is 29.3 Å². The third-order valence-electron chi connectivity index (χ3n) is 3.50. The standard InChI is InChI=1S/C15H12FN5O4/c16-8-5-19-13(14-12(8)7(4-18-14)11(24)6-23)9-3-10(21-20-9)15(25)17-1-2-22/h3-6,18,22H,1-2H2,(H,17,25)(H,20,21). The van der Waals surface area contributed by atoms with Gasteiger partial charge in [-0.15, -0.1) is 0 Å². The Morgan fingerprint density at radius 1 is 1.40 bits per heavy atom. The van der Waals surface area contributed by atoms with Crippen LogP contribution in [-0.4, -0.2) is 56.4 Å². The van der Waals surface area contributed by atoms with Gasteiger partial charge >= 0.3 is 0 Å². The summed E-state index contributed by atoms with van der Waals surface area (Å²) in [6.45, 7) is -0.122. The summed E-state index contributed by atoms with van der Waals surface area (Å²) >= 11 is 0. The molecule has 0 atom stereocenters. The van der Waals surface area contributed by atoms with Crippen LogP contribution in [0.1, 0.15) is 20.8 Å². The van der Waals surface area contributed by atoms with Crippen LogP contribution in [-0.2, 0) is 4.79 Å². The minimum Gasteiger partial charge on any atom is -0.395 e. The number of H-pyrrole nitrogens is 2. The van der Waals surface area contributed by atoms with Gasteiger partial charge in [-0.05, 0) is 6.07 Å². The van der Waals surface area contributed by atoms with Crippen molar-refractivity contribution in [1.29, 1.82) is 0 Å². The summed E-state index contributed by atoms with van der Waals surface area (Å²) in [5.74, 6) is -2.11. The molecular weight excluding hydrogens is 333 g/mol. The molecule has 0 aromatic carbocycles. The van der Waals surface area contributed by atoms with Crippen LogP contribution in [0.5, 0.6) is 0 Å². The molecule has 0 unspecified atom stereocenters. The highest BCUT2D eigenvalue weighted by Crippen LogP contribution is 2.29. The van der Waals surface area contributed by atoms with Crippen molar-refractivity contribution in [1.82, 2.24) is 25.5 Å². The van der Waals surface area contributed by atoms with E-state index in [9.17, 15) is 18.8 Å². The van der Waals surface area contributed by atoms with Gasteiger partial charge < -0.3 is 15.4 Å². The molecule has 0 radical (unpaired) electrons. The molecule has 128 valence electrons. The lowest BCUT2D eigenvalue weighted by Gasteiger charge is -2.01. The summed E-state index contributed by atoms with van der Waals surface area (Å²) in [4.78, 5) is 40.8. The Morgan fingerprint density at radius 3 is 2.92 bits per heavy atom. The van der Waals surface area contributed by atoms with E-state index in [4.69, 9.17) is 5.11 Å². The molecule has 3 heterocycles. The first-order chi connectivity index (χ1) is 12.1. The highest BCUT2D eigenvalue weighted by Gasteiger charge is 2.20. The van der Waals surface area contributed by atoms with Crippen molar-refractivity contribution in [2.45, 2.75) is 0 Å². The summed E-state index contributed by atoms with van der Waals surface area (Å²) in [5, 5.41) is 17.6. The number of aliphatic hydroxyl groups excluding tert-OH is 1. The maximum absolute atomic E-state index is 14.1. The zero-order valence-electron chi connectivity index (χ0n) is 12.7. The predicted molar refractivity (Wildman–Crippen MR) is 83.4 cm³/mol. The average molecular weight is 345 g/mol. The lowest BCUT2D eigenvalue weighted by atomic mass is 10.1. The molecule has 0 aliphatic rings. The fourth-order valence-corrected chi connectivity index (χ4v) is 2.38. The maximum atomic E-state index is 14.1. The SMILES string of the molecule is O=CC(=O)c1c[nH]c2c(-c3cc(C(=O)NCCO)[nH]n3)ncc(F)c12. The van der Waals surface area contributed by atoms with Gasteiger partial charge in [-0.3, -0.25) is 19.5 Å². The van der Waals surface area contributed by atoms with Crippen LogP contribution in [0.2, 0.25) is 0 Å². The van der Waals surface area contributed by atoms with Crippen molar-refractivity contribution in [3.63, 3.8) is 0 Å². The second-order valence-electron chi connectivity index (χ2n) is 5.04. The second-order valence-corrected chi connectivity index (χ2v) is 5.04. The number of halogens is 1. The molecule has 0 aliphatic carbocycles. The number of hydrogen-bond acceptors (Lipinski definition) is 6. The highest BCUT2D eigenvalue weighted by atomic mass is 19.1. The van der Waals surface area contributed by atoms with Gasteiger partial charge in [0, 0.05) is 12.7 Å². The van der Waals surface area contributed by atoms with Crippen LogP contribution in [0.15, 0.2) is 18.5 Å². The second kappa shape index (κ2) is 6.61. The van der Waals surface area contributed by atoms with Gasteiger partial charge in [0.1, 0.15) is 17.1 Å². The van der Waals surface area contributed by atoms with E-state index in [-0.39, 0.29) is 53.0 Å². The van der Waals surface area contributed by atoms with Gasteiger partial charge in [-0.2, -0.15) is 5.10 Å². The molecule has 3 aromatic rings. The number of nitrogens with one attached hydrogen (secondary N) is 3. The molecule has 10 heteroatoms. The van der Waals surface area contributed by atoms with Crippen molar-refractivity contribution in [2.24, 2.45) is 0 Å². The number of rotatable bonds is 6. The Hall–Kier alpha value is -3.40.